The van der Waals surface area contributed by atoms with E-state index in [1.807, 2.05) is 0 Å². The van der Waals surface area contributed by atoms with E-state index in [9.17, 15) is 24.0 Å². The first-order valence-electron chi connectivity index (χ1n) is 9.78. The summed E-state index contributed by atoms with van der Waals surface area (Å²) in [7, 11) is 1.53. The predicted octanol–water partition coefficient (Wildman–Crippen LogP) is -0.668. The largest absolute Gasteiger partial charge is 0.359 e. The van der Waals surface area contributed by atoms with Crippen LogP contribution < -0.4 is 26.6 Å². The lowest BCUT2D eigenvalue weighted by atomic mass is 10.1. The number of hydrogen-bond donors (Lipinski definition) is 5. The van der Waals surface area contributed by atoms with Gasteiger partial charge in [-0.3, -0.25) is 24.0 Å². The smallest absolute Gasteiger partial charge is 0.222 e. The maximum Gasteiger partial charge on any atom is 0.222 e. The van der Waals surface area contributed by atoms with Crippen LogP contribution in [-0.2, 0) is 24.0 Å². The van der Waals surface area contributed by atoms with Crippen LogP contribution in [0.25, 0.3) is 0 Å². The molecule has 0 radical (unpaired) electrons. The van der Waals surface area contributed by atoms with Crippen LogP contribution in [0.5, 0.6) is 0 Å². The van der Waals surface area contributed by atoms with Crippen molar-refractivity contribution in [2.45, 2.75) is 84.5 Å². The topological polar surface area (TPSA) is 146 Å². The quantitative estimate of drug-likeness (QED) is 0.288. The standard InChI is InChI=1S/C19H35N5O5/c1-11(21-15(5)25)8-17(27)23-13(3)10-19(29)24-14(4)9-18(28)22-12(2)7-16(26)20-6/h11-14H,7-10H2,1-6H3,(H,20,26)(H,21,25)(H,22,28)(H,23,27)(H,24,29). The van der Waals surface area contributed by atoms with Crippen LogP contribution in [-0.4, -0.2) is 60.8 Å². The molecule has 0 bridgehead atoms. The van der Waals surface area contributed by atoms with Gasteiger partial charge in [-0.25, -0.2) is 0 Å². The Kier molecular flexibility index (Phi) is 12.3. The summed E-state index contributed by atoms with van der Waals surface area (Å²) in [4.78, 5) is 58.2. The molecule has 0 aliphatic rings. The maximum atomic E-state index is 12.1. The Labute approximate surface area is 172 Å². The number of carbonyl (C=O) groups excluding carboxylic acids is 5. The first kappa shape index (κ1) is 26.4. The molecule has 5 amide bonds. The van der Waals surface area contributed by atoms with E-state index in [-0.39, 0.29) is 73.3 Å². The summed E-state index contributed by atoms with van der Waals surface area (Å²) < 4.78 is 0. The zero-order valence-corrected chi connectivity index (χ0v) is 18.2. The molecule has 0 heterocycles. The van der Waals surface area contributed by atoms with Crippen LogP contribution >= 0.6 is 0 Å². The van der Waals surface area contributed by atoms with Crippen molar-refractivity contribution in [2.24, 2.45) is 0 Å². The summed E-state index contributed by atoms with van der Waals surface area (Å²) in [6.45, 7) is 8.25. The monoisotopic (exact) mass is 413 g/mol. The predicted molar refractivity (Wildman–Crippen MR) is 109 cm³/mol. The van der Waals surface area contributed by atoms with Crippen LogP contribution in [0.4, 0.5) is 0 Å². The summed E-state index contributed by atoms with van der Waals surface area (Å²) in [5.74, 6) is -1.18. The van der Waals surface area contributed by atoms with Gasteiger partial charge in [-0.2, -0.15) is 0 Å². The highest BCUT2D eigenvalue weighted by Gasteiger charge is 2.18. The molecule has 0 spiro atoms. The fourth-order valence-corrected chi connectivity index (χ4v) is 2.77. The molecule has 0 saturated carbocycles. The molecule has 4 unspecified atom stereocenters. The molecular weight excluding hydrogens is 378 g/mol. The van der Waals surface area contributed by atoms with Crippen molar-refractivity contribution in [3.63, 3.8) is 0 Å². The third kappa shape index (κ3) is 14.1. The molecule has 29 heavy (non-hydrogen) atoms. The molecule has 10 nitrogen and oxygen atoms in total. The minimum atomic E-state index is -0.391. The Morgan fingerprint density at radius 3 is 1.10 bits per heavy atom. The van der Waals surface area contributed by atoms with E-state index >= 15 is 0 Å². The SMILES string of the molecule is CNC(=O)CC(C)NC(=O)CC(C)NC(=O)CC(C)NC(=O)CC(C)NC(C)=O. The highest BCUT2D eigenvalue weighted by Crippen LogP contribution is 1.99. The van der Waals surface area contributed by atoms with Crippen molar-refractivity contribution in [3.8, 4) is 0 Å². The van der Waals surface area contributed by atoms with Crippen molar-refractivity contribution in [1.82, 2.24) is 26.6 Å². The number of rotatable bonds is 12. The van der Waals surface area contributed by atoms with Crippen LogP contribution in [0, 0.1) is 0 Å². The second kappa shape index (κ2) is 13.5. The highest BCUT2D eigenvalue weighted by molar-refractivity contribution is 5.82. The lowest BCUT2D eigenvalue weighted by molar-refractivity contribution is -0.124. The molecule has 0 aliphatic heterocycles. The van der Waals surface area contributed by atoms with Crippen molar-refractivity contribution in [3.05, 3.63) is 0 Å². The Morgan fingerprint density at radius 2 is 0.828 bits per heavy atom. The van der Waals surface area contributed by atoms with E-state index in [0.717, 1.165) is 0 Å². The Hall–Kier alpha value is -2.65. The van der Waals surface area contributed by atoms with Gasteiger partial charge < -0.3 is 26.6 Å². The summed E-state index contributed by atoms with van der Waals surface area (Å²) in [6.07, 6.45) is 0.454. The zero-order chi connectivity index (χ0) is 22.6. The van der Waals surface area contributed by atoms with Gasteiger partial charge >= 0.3 is 0 Å². The molecule has 0 aliphatic carbocycles. The fraction of sp³-hybridized carbons (Fsp3) is 0.737. The van der Waals surface area contributed by atoms with Crippen molar-refractivity contribution in [1.29, 1.82) is 0 Å². The molecule has 0 aromatic carbocycles. The second-order valence-corrected chi connectivity index (χ2v) is 7.50. The highest BCUT2D eigenvalue weighted by atomic mass is 16.2. The normalized spacial score (nSPS) is 14.6. The van der Waals surface area contributed by atoms with E-state index < -0.39 is 6.04 Å². The van der Waals surface area contributed by atoms with Crippen LogP contribution in [0.3, 0.4) is 0 Å². The van der Waals surface area contributed by atoms with Crippen LogP contribution in [0.1, 0.15) is 60.3 Å². The number of hydrogen-bond acceptors (Lipinski definition) is 5. The molecule has 4 atom stereocenters. The Bertz CT molecular complexity index is 596. The first-order valence-corrected chi connectivity index (χ1v) is 9.78. The van der Waals surface area contributed by atoms with E-state index in [4.69, 9.17) is 0 Å². The van der Waals surface area contributed by atoms with Crippen molar-refractivity contribution >= 4 is 29.5 Å². The van der Waals surface area contributed by atoms with Crippen molar-refractivity contribution < 1.29 is 24.0 Å². The molecule has 0 aromatic heterocycles. The number of nitrogens with one attached hydrogen (secondary N) is 5. The van der Waals surface area contributed by atoms with Crippen LogP contribution in [0.15, 0.2) is 0 Å². The van der Waals surface area contributed by atoms with Gasteiger partial charge in [0.15, 0.2) is 0 Å². The Balaban J connectivity index is 4.21. The average molecular weight is 414 g/mol. The zero-order valence-electron chi connectivity index (χ0n) is 18.2. The lowest BCUT2D eigenvalue weighted by Crippen LogP contribution is -2.44. The van der Waals surface area contributed by atoms with Crippen LogP contribution in [0.2, 0.25) is 0 Å². The van der Waals surface area contributed by atoms with Gasteiger partial charge in [0.1, 0.15) is 0 Å². The van der Waals surface area contributed by atoms with Gasteiger partial charge in [0.25, 0.3) is 0 Å². The first-order chi connectivity index (χ1) is 13.4. The minimum absolute atomic E-state index is 0.0687. The van der Waals surface area contributed by atoms with Gasteiger partial charge in [0.05, 0.1) is 0 Å². The third-order valence-electron chi connectivity index (χ3n) is 3.92. The molecule has 10 heteroatoms. The molecule has 0 saturated heterocycles. The third-order valence-corrected chi connectivity index (χ3v) is 3.92. The molecule has 0 fully saturated rings. The average Bonchev–Trinajstić information content (AvgIpc) is 2.51. The summed E-state index contributed by atoms with van der Waals surface area (Å²) in [5.41, 5.74) is 0. The molecule has 166 valence electrons. The van der Waals surface area contributed by atoms with Gasteiger partial charge in [-0.05, 0) is 27.7 Å². The summed E-state index contributed by atoms with van der Waals surface area (Å²) >= 11 is 0. The molecule has 0 aromatic rings. The fourth-order valence-electron chi connectivity index (χ4n) is 2.77. The maximum absolute atomic E-state index is 12.1. The van der Waals surface area contributed by atoms with Gasteiger partial charge in [-0.15, -0.1) is 0 Å². The molecule has 5 N–H and O–H groups in total. The van der Waals surface area contributed by atoms with Gasteiger partial charge in [0.2, 0.25) is 29.5 Å². The molecule has 0 rings (SSSR count). The number of carbonyl (C=O) groups is 5. The van der Waals surface area contributed by atoms with E-state index in [1.165, 1.54) is 14.0 Å². The summed E-state index contributed by atoms with van der Waals surface area (Å²) in [6, 6.07) is -1.38. The van der Waals surface area contributed by atoms with Crippen molar-refractivity contribution in [2.75, 3.05) is 7.05 Å². The summed E-state index contributed by atoms with van der Waals surface area (Å²) in [5, 5.41) is 13.3. The van der Waals surface area contributed by atoms with E-state index in [1.54, 1.807) is 27.7 Å². The van der Waals surface area contributed by atoms with E-state index in [2.05, 4.69) is 26.6 Å². The Morgan fingerprint density at radius 1 is 0.552 bits per heavy atom. The van der Waals surface area contributed by atoms with E-state index in [0.29, 0.717) is 0 Å². The number of amides is 5. The minimum Gasteiger partial charge on any atom is -0.359 e. The lowest BCUT2D eigenvalue weighted by Gasteiger charge is -2.19. The second-order valence-electron chi connectivity index (χ2n) is 7.50. The van der Waals surface area contributed by atoms with Gasteiger partial charge in [-0.1, -0.05) is 0 Å². The van der Waals surface area contributed by atoms with Gasteiger partial charge in [0, 0.05) is 63.8 Å². The molecular formula is C19H35N5O5.